The van der Waals surface area contributed by atoms with Gasteiger partial charge < -0.3 is 0 Å². The lowest BCUT2D eigenvalue weighted by atomic mass is 9.33. The molecule has 0 saturated carbocycles. The Morgan fingerprint density at radius 3 is 1.82 bits per heavy atom. The van der Waals surface area contributed by atoms with Crippen LogP contribution < -0.4 is 0 Å². The minimum absolute atomic E-state index is 0.591. The molecule has 0 aromatic carbocycles. The van der Waals surface area contributed by atoms with Gasteiger partial charge in [-0.1, -0.05) is 83.3 Å². The molecule has 0 aliphatic carbocycles. The lowest BCUT2D eigenvalue weighted by Crippen LogP contribution is -2.34. The van der Waals surface area contributed by atoms with Crippen LogP contribution in [-0.4, -0.2) is 7.28 Å². The van der Waals surface area contributed by atoms with Gasteiger partial charge in [0.25, 0.3) is 0 Å². The van der Waals surface area contributed by atoms with E-state index in [1.54, 1.807) is 0 Å². The first kappa shape index (κ1) is 13.5. The van der Waals surface area contributed by atoms with Gasteiger partial charge in [-0.15, -0.1) is 0 Å². The van der Waals surface area contributed by atoms with Crippen LogP contribution in [0, 0.1) is 5.41 Å². The van der Waals surface area contributed by atoms with Crippen molar-refractivity contribution in [3.8, 4) is 0 Å². The molecular formula is C16H31B. The quantitative estimate of drug-likeness (QED) is 0.496. The van der Waals surface area contributed by atoms with Gasteiger partial charge in [0.2, 0.25) is 0 Å². The van der Waals surface area contributed by atoms with Crippen molar-refractivity contribution in [2.75, 3.05) is 0 Å². The maximum atomic E-state index is 2.57. The van der Waals surface area contributed by atoms with E-state index in [0.29, 0.717) is 16.0 Å². The summed E-state index contributed by atoms with van der Waals surface area (Å²) in [7, 11) is 1.50. The zero-order valence-corrected chi connectivity index (χ0v) is 12.6. The van der Waals surface area contributed by atoms with Crippen LogP contribution >= 0.6 is 0 Å². The predicted molar refractivity (Wildman–Crippen MR) is 79.2 cm³/mol. The maximum absolute atomic E-state index is 2.57. The van der Waals surface area contributed by atoms with Crippen LogP contribution in [-0.2, 0) is 0 Å². The third-order valence-electron chi connectivity index (χ3n) is 5.70. The van der Waals surface area contributed by atoms with Crippen LogP contribution in [0.3, 0.4) is 0 Å². The molecule has 0 aromatic heterocycles. The highest BCUT2D eigenvalue weighted by Crippen LogP contribution is 2.55. The van der Waals surface area contributed by atoms with E-state index in [2.05, 4.69) is 27.7 Å². The van der Waals surface area contributed by atoms with Gasteiger partial charge in [-0.2, -0.15) is 0 Å². The van der Waals surface area contributed by atoms with Crippen molar-refractivity contribution >= 4 is 7.28 Å². The van der Waals surface area contributed by atoms with Gasteiger partial charge in [0.1, 0.15) is 7.28 Å². The summed E-state index contributed by atoms with van der Waals surface area (Å²) in [4.78, 5) is 0. The molecule has 2 aliphatic heterocycles. The average Bonchev–Trinajstić information content (AvgIpc) is 2.21. The van der Waals surface area contributed by atoms with E-state index in [1.807, 2.05) is 0 Å². The van der Waals surface area contributed by atoms with E-state index in [1.165, 1.54) is 65.1 Å². The molecule has 0 nitrogen and oxygen atoms in total. The number of hydrogen-bond donors (Lipinski definition) is 0. The van der Waals surface area contributed by atoms with Gasteiger partial charge in [0.05, 0.1) is 0 Å². The average molecular weight is 234 g/mol. The standard InChI is InChI=1S/C16H31B/c1-14(2)8-5-6-9-15(3)10-7-11-16(4,17-15)13-12-14/h17H,5-13H2,1-4H3. The first-order valence-electron chi connectivity index (χ1n) is 7.83. The summed E-state index contributed by atoms with van der Waals surface area (Å²) in [5, 5.41) is 1.33. The largest absolute Gasteiger partial charge is 0.134 e. The van der Waals surface area contributed by atoms with Crippen LogP contribution in [0.1, 0.15) is 85.5 Å². The Kier molecular flexibility index (Phi) is 3.67. The Labute approximate surface area is 109 Å². The monoisotopic (exact) mass is 234 g/mol. The molecular weight excluding hydrogens is 203 g/mol. The van der Waals surface area contributed by atoms with Crippen molar-refractivity contribution < 1.29 is 0 Å². The van der Waals surface area contributed by atoms with Gasteiger partial charge in [-0.25, -0.2) is 0 Å². The van der Waals surface area contributed by atoms with Crippen molar-refractivity contribution in [3.63, 3.8) is 0 Å². The van der Waals surface area contributed by atoms with Gasteiger partial charge in [-0.3, -0.25) is 0 Å². The zero-order chi connectivity index (χ0) is 12.6. The molecule has 2 atom stereocenters. The fourth-order valence-electron chi connectivity index (χ4n) is 4.50. The molecule has 17 heavy (non-hydrogen) atoms. The van der Waals surface area contributed by atoms with Gasteiger partial charge in [0.15, 0.2) is 0 Å². The van der Waals surface area contributed by atoms with Crippen molar-refractivity contribution in [2.24, 2.45) is 5.41 Å². The molecule has 0 aromatic rings. The van der Waals surface area contributed by atoms with Crippen molar-refractivity contribution in [2.45, 2.75) is 96.1 Å². The molecule has 2 aliphatic rings. The molecule has 2 bridgehead atoms. The second kappa shape index (κ2) is 4.63. The van der Waals surface area contributed by atoms with Crippen LogP contribution in [0.2, 0.25) is 10.6 Å². The summed E-state index contributed by atoms with van der Waals surface area (Å²) in [5.41, 5.74) is 0.591. The molecule has 0 amide bonds. The lowest BCUT2D eigenvalue weighted by molar-refractivity contribution is 0.242. The molecule has 0 spiro atoms. The lowest BCUT2D eigenvalue weighted by Gasteiger charge is -2.46. The summed E-state index contributed by atoms with van der Waals surface area (Å²) >= 11 is 0. The summed E-state index contributed by atoms with van der Waals surface area (Å²) < 4.78 is 0. The normalized spacial score (nSPS) is 42.6. The van der Waals surface area contributed by atoms with Crippen molar-refractivity contribution in [1.29, 1.82) is 0 Å². The second-order valence-electron chi connectivity index (χ2n) is 8.52. The summed E-state index contributed by atoms with van der Waals surface area (Å²) in [5.74, 6) is 0. The summed E-state index contributed by atoms with van der Waals surface area (Å²) in [6.07, 6.45) is 13.2. The predicted octanol–water partition coefficient (Wildman–Crippen LogP) is 5.34. The smallest absolute Gasteiger partial charge is 0.0665 e. The fourth-order valence-corrected chi connectivity index (χ4v) is 4.50. The van der Waals surface area contributed by atoms with Crippen molar-refractivity contribution in [3.05, 3.63) is 0 Å². The van der Waals surface area contributed by atoms with E-state index in [4.69, 9.17) is 0 Å². The maximum Gasteiger partial charge on any atom is 0.134 e. The Morgan fingerprint density at radius 1 is 0.588 bits per heavy atom. The highest BCUT2D eigenvalue weighted by Gasteiger charge is 2.41. The molecule has 2 rings (SSSR count). The van der Waals surface area contributed by atoms with E-state index >= 15 is 0 Å². The van der Waals surface area contributed by atoms with Gasteiger partial charge >= 0.3 is 0 Å². The highest BCUT2D eigenvalue weighted by atomic mass is 14.4. The van der Waals surface area contributed by atoms with Crippen LogP contribution in [0.5, 0.6) is 0 Å². The molecule has 0 radical (unpaired) electrons. The Bertz CT molecular complexity index is 271. The second-order valence-corrected chi connectivity index (χ2v) is 8.52. The third kappa shape index (κ3) is 3.52. The van der Waals surface area contributed by atoms with E-state index in [9.17, 15) is 0 Å². The first-order valence-corrected chi connectivity index (χ1v) is 7.83. The van der Waals surface area contributed by atoms with E-state index in [-0.39, 0.29) is 0 Å². The zero-order valence-electron chi connectivity index (χ0n) is 12.6. The first-order chi connectivity index (χ1) is 7.83. The molecule has 2 unspecified atom stereocenters. The summed E-state index contributed by atoms with van der Waals surface area (Å²) in [6.45, 7) is 10.1. The van der Waals surface area contributed by atoms with E-state index in [0.717, 1.165) is 0 Å². The number of hydrogen-bond acceptors (Lipinski definition) is 0. The van der Waals surface area contributed by atoms with Crippen molar-refractivity contribution in [1.82, 2.24) is 0 Å². The highest BCUT2D eigenvalue weighted by molar-refractivity contribution is 6.44. The van der Waals surface area contributed by atoms with Crippen LogP contribution in [0.4, 0.5) is 0 Å². The van der Waals surface area contributed by atoms with Crippen LogP contribution in [0.15, 0.2) is 0 Å². The molecule has 1 heteroatoms. The SMILES string of the molecule is CC1(C)CCCCC2(C)BC(C)(CCC2)CC1. The third-order valence-corrected chi connectivity index (χ3v) is 5.70. The van der Waals surface area contributed by atoms with Gasteiger partial charge in [0, 0.05) is 0 Å². The molecule has 2 saturated heterocycles. The topological polar surface area (TPSA) is 0 Å². The Balaban J connectivity index is 2.10. The summed E-state index contributed by atoms with van der Waals surface area (Å²) in [6, 6.07) is 0. The molecule has 98 valence electrons. The molecule has 2 heterocycles. The Hall–Kier alpha value is 0.0649. The Morgan fingerprint density at radius 2 is 1.12 bits per heavy atom. The van der Waals surface area contributed by atoms with E-state index < -0.39 is 0 Å². The number of rotatable bonds is 0. The fraction of sp³-hybridized carbons (Fsp3) is 1.00. The minimum atomic E-state index is 0.591. The molecule has 0 N–H and O–H groups in total. The number of fused-ring (bicyclic) bond motifs is 2. The van der Waals surface area contributed by atoms with Crippen LogP contribution in [0.25, 0.3) is 0 Å². The molecule has 2 fully saturated rings. The minimum Gasteiger partial charge on any atom is -0.0665 e. The van der Waals surface area contributed by atoms with Gasteiger partial charge in [-0.05, 0) is 18.3 Å².